The Labute approximate surface area is 160 Å². The number of hydrogen-bond donors (Lipinski definition) is 1. The number of nitrogens with zero attached hydrogens (tertiary/aromatic N) is 2. The van der Waals surface area contributed by atoms with Crippen LogP contribution in [0, 0.1) is 0 Å². The van der Waals surface area contributed by atoms with Gasteiger partial charge in [-0.25, -0.2) is 14.5 Å². The fourth-order valence-corrected chi connectivity index (χ4v) is 2.95. The second kappa shape index (κ2) is 8.52. The third-order valence-corrected chi connectivity index (χ3v) is 4.31. The number of rotatable bonds is 6. The van der Waals surface area contributed by atoms with E-state index in [1.807, 2.05) is 37.3 Å². The van der Waals surface area contributed by atoms with Crippen LogP contribution in [0.15, 0.2) is 30.3 Å². The second-order valence-corrected chi connectivity index (χ2v) is 7.75. The lowest BCUT2D eigenvalue weighted by molar-refractivity contribution is -0.162. The van der Waals surface area contributed by atoms with Gasteiger partial charge in [0.15, 0.2) is 6.04 Å². The number of urea groups is 1. The Morgan fingerprint density at radius 3 is 2.44 bits per heavy atom. The summed E-state index contributed by atoms with van der Waals surface area (Å²) in [4.78, 5) is 40.5. The zero-order chi connectivity index (χ0) is 20.2. The van der Waals surface area contributed by atoms with Crippen molar-refractivity contribution >= 4 is 17.9 Å². The van der Waals surface area contributed by atoms with E-state index >= 15 is 0 Å². The lowest BCUT2D eigenvalue weighted by Gasteiger charge is -2.27. The van der Waals surface area contributed by atoms with Crippen LogP contribution in [0.2, 0.25) is 0 Å². The predicted octanol–water partition coefficient (Wildman–Crippen LogP) is 2.16. The summed E-state index contributed by atoms with van der Waals surface area (Å²) in [7, 11) is 1.57. The van der Waals surface area contributed by atoms with Crippen LogP contribution >= 0.6 is 0 Å². The molecule has 0 radical (unpaired) electrons. The van der Waals surface area contributed by atoms with Crippen molar-refractivity contribution in [3.05, 3.63) is 35.9 Å². The van der Waals surface area contributed by atoms with E-state index < -0.39 is 35.6 Å². The number of amides is 3. The molecule has 7 nitrogen and oxygen atoms in total. The number of hydrogen-bond acceptors (Lipinski definition) is 5. The number of likely N-dealkylation sites (N-methyl/N-ethyl adjacent to an activating group) is 1. The average Bonchev–Trinajstić information content (AvgIpc) is 2.90. The van der Waals surface area contributed by atoms with Gasteiger partial charge in [-0.2, -0.15) is 0 Å². The van der Waals surface area contributed by atoms with Crippen molar-refractivity contribution in [1.82, 2.24) is 15.1 Å². The molecular formula is C20H29N3O4. The Morgan fingerprint density at radius 1 is 1.26 bits per heavy atom. The summed E-state index contributed by atoms with van der Waals surface area (Å²) in [6.07, 6.45) is 0.500. The SMILES string of the molecule is CC[C@@H](NCc1ccccc1)C(=O)N1C(=O)N(C)C[C@H]1C(=O)OC(C)(C)C. The third kappa shape index (κ3) is 5.29. The molecule has 2 rings (SSSR count). The highest BCUT2D eigenvalue weighted by molar-refractivity contribution is 6.03. The first kappa shape index (κ1) is 20.9. The Bertz CT molecular complexity index is 684. The van der Waals surface area contributed by atoms with Crippen LogP contribution in [0.25, 0.3) is 0 Å². The highest BCUT2D eigenvalue weighted by Gasteiger charge is 2.46. The van der Waals surface area contributed by atoms with Crippen molar-refractivity contribution in [2.45, 2.75) is 58.3 Å². The monoisotopic (exact) mass is 375 g/mol. The fourth-order valence-electron chi connectivity index (χ4n) is 2.95. The minimum absolute atomic E-state index is 0.134. The molecule has 1 saturated heterocycles. The molecule has 0 spiro atoms. The molecule has 0 saturated carbocycles. The van der Waals surface area contributed by atoms with E-state index in [1.165, 1.54) is 4.90 Å². The van der Waals surface area contributed by atoms with Crippen LogP contribution in [0.4, 0.5) is 4.79 Å². The Kier molecular flexibility index (Phi) is 6.59. The van der Waals surface area contributed by atoms with Gasteiger partial charge in [-0.15, -0.1) is 0 Å². The lowest BCUT2D eigenvalue weighted by Crippen LogP contribution is -2.53. The molecule has 1 heterocycles. The molecule has 1 fully saturated rings. The van der Waals surface area contributed by atoms with E-state index in [4.69, 9.17) is 4.74 Å². The van der Waals surface area contributed by atoms with Gasteiger partial charge in [0.25, 0.3) is 0 Å². The van der Waals surface area contributed by atoms with Crippen LogP contribution in [-0.2, 0) is 20.9 Å². The van der Waals surface area contributed by atoms with Gasteiger partial charge < -0.3 is 15.0 Å². The molecule has 148 valence electrons. The molecule has 1 aromatic rings. The van der Waals surface area contributed by atoms with Crippen molar-refractivity contribution in [1.29, 1.82) is 0 Å². The summed E-state index contributed by atoms with van der Waals surface area (Å²) in [6, 6.07) is 7.73. The van der Waals surface area contributed by atoms with Gasteiger partial charge >= 0.3 is 12.0 Å². The number of esters is 1. The molecule has 0 unspecified atom stereocenters. The van der Waals surface area contributed by atoms with Gasteiger partial charge in [0.2, 0.25) is 5.91 Å². The summed E-state index contributed by atoms with van der Waals surface area (Å²) in [5, 5.41) is 3.19. The highest BCUT2D eigenvalue weighted by Crippen LogP contribution is 2.20. The minimum atomic E-state index is -0.929. The van der Waals surface area contributed by atoms with Gasteiger partial charge in [0.1, 0.15) is 5.60 Å². The number of imide groups is 1. The highest BCUT2D eigenvalue weighted by atomic mass is 16.6. The maximum Gasteiger partial charge on any atom is 0.331 e. The molecule has 2 atom stereocenters. The fraction of sp³-hybridized carbons (Fsp3) is 0.550. The van der Waals surface area contributed by atoms with Crippen LogP contribution in [0.1, 0.15) is 39.7 Å². The predicted molar refractivity (Wildman–Crippen MR) is 102 cm³/mol. The zero-order valence-electron chi connectivity index (χ0n) is 16.7. The van der Waals surface area contributed by atoms with Crippen LogP contribution in [0.5, 0.6) is 0 Å². The van der Waals surface area contributed by atoms with Gasteiger partial charge in [0, 0.05) is 13.6 Å². The molecule has 0 aromatic heterocycles. The van der Waals surface area contributed by atoms with E-state index in [9.17, 15) is 14.4 Å². The minimum Gasteiger partial charge on any atom is -0.458 e. The normalized spacial score (nSPS) is 18.6. The molecular weight excluding hydrogens is 346 g/mol. The van der Waals surface area contributed by atoms with Crippen LogP contribution in [-0.4, -0.2) is 59.0 Å². The maximum atomic E-state index is 13.0. The van der Waals surface area contributed by atoms with Crippen LogP contribution < -0.4 is 5.32 Å². The molecule has 3 amide bonds. The zero-order valence-corrected chi connectivity index (χ0v) is 16.7. The van der Waals surface area contributed by atoms with E-state index in [2.05, 4.69) is 5.32 Å². The standard InChI is InChI=1S/C20H29N3O4/c1-6-15(21-12-14-10-8-7-9-11-14)17(24)23-16(13-22(5)19(23)26)18(25)27-20(2,3)4/h7-11,15-16,21H,6,12-13H2,1-5H3/t15-,16+/m1/s1. The average molecular weight is 375 g/mol. The van der Waals surface area contributed by atoms with Crippen LogP contribution in [0.3, 0.4) is 0 Å². The van der Waals surface area contributed by atoms with Crippen molar-refractivity contribution in [2.24, 2.45) is 0 Å². The lowest BCUT2D eigenvalue weighted by atomic mass is 10.1. The number of nitrogens with one attached hydrogen (secondary N) is 1. The van der Waals surface area contributed by atoms with E-state index in [0.717, 1.165) is 10.5 Å². The third-order valence-electron chi connectivity index (χ3n) is 4.31. The summed E-state index contributed by atoms with van der Waals surface area (Å²) in [5.74, 6) is -0.967. The van der Waals surface area contributed by atoms with E-state index in [0.29, 0.717) is 13.0 Å². The largest absolute Gasteiger partial charge is 0.458 e. The summed E-state index contributed by atoms with van der Waals surface area (Å²) in [6.45, 7) is 7.78. The number of ether oxygens (including phenoxy) is 1. The van der Waals surface area contributed by atoms with Gasteiger partial charge in [-0.1, -0.05) is 37.3 Å². The van der Waals surface area contributed by atoms with Crippen molar-refractivity contribution < 1.29 is 19.1 Å². The van der Waals surface area contributed by atoms with E-state index in [-0.39, 0.29) is 6.54 Å². The molecule has 0 aliphatic carbocycles. The first-order chi connectivity index (χ1) is 12.6. The maximum absolute atomic E-state index is 13.0. The van der Waals surface area contributed by atoms with Crippen molar-refractivity contribution in [3.8, 4) is 0 Å². The van der Waals surface area contributed by atoms with Gasteiger partial charge in [-0.05, 0) is 32.8 Å². The summed E-state index contributed by atoms with van der Waals surface area (Å²) >= 11 is 0. The molecule has 1 N–H and O–H groups in total. The molecule has 1 aromatic carbocycles. The number of carbonyl (C=O) groups excluding carboxylic acids is 3. The smallest absolute Gasteiger partial charge is 0.331 e. The molecule has 1 aliphatic rings. The van der Waals surface area contributed by atoms with Crippen molar-refractivity contribution in [2.75, 3.05) is 13.6 Å². The molecule has 0 bridgehead atoms. The Morgan fingerprint density at radius 2 is 1.89 bits per heavy atom. The Balaban J connectivity index is 2.13. The number of benzene rings is 1. The summed E-state index contributed by atoms with van der Waals surface area (Å²) < 4.78 is 5.41. The van der Waals surface area contributed by atoms with Gasteiger partial charge in [-0.3, -0.25) is 4.79 Å². The first-order valence-electron chi connectivity index (χ1n) is 9.22. The molecule has 7 heteroatoms. The summed E-state index contributed by atoms with van der Waals surface area (Å²) in [5.41, 5.74) is 0.350. The second-order valence-electron chi connectivity index (χ2n) is 7.75. The number of carbonyl (C=O) groups is 3. The van der Waals surface area contributed by atoms with Crippen molar-refractivity contribution in [3.63, 3.8) is 0 Å². The Hall–Kier alpha value is -2.41. The molecule has 27 heavy (non-hydrogen) atoms. The first-order valence-corrected chi connectivity index (χ1v) is 9.22. The quantitative estimate of drug-likeness (QED) is 0.771. The van der Waals surface area contributed by atoms with Gasteiger partial charge in [0.05, 0.1) is 12.6 Å². The molecule has 1 aliphatic heterocycles. The topological polar surface area (TPSA) is 79.0 Å². The van der Waals surface area contributed by atoms with E-state index in [1.54, 1.807) is 27.8 Å².